The maximum absolute atomic E-state index is 12.0. The van der Waals surface area contributed by atoms with E-state index in [-0.39, 0.29) is 5.69 Å². The third-order valence-electron chi connectivity index (χ3n) is 4.35. The number of aromatic amines is 1. The predicted octanol–water partition coefficient (Wildman–Crippen LogP) is 2.42. The molecule has 4 rings (SSSR count). The van der Waals surface area contributed by atoms with Crippen LogP contribution in [0.3, 0.4) is 0 Å². The summed E-state index contributed by atoms with van der Waals surface area (Å²) in [4.78, 5) is 16.1. The average Bonchev–Trinajstić information content (AvgIpc) is 3.08. The summed E-state index contributed by atoms with van der Waals surface area (Å²) in [5.41, 5.74) is 4.72. The maximum atomic E-state index is 12.0. The lowest BCUT2D eigenvalue weighted by atomic mass is 10.1. The highest BCUT2D eigenvalue weighted by Gasteiger charge is 2.10. The molecule has 0 aliphatic rings. The Bertz CT molecular complexity index is 1050. The third kappa shape index (κ3) is 3.41. The second-order valence-corrected chi connectivity index (χ2v) is 6.12. The maximum Gasteiger partial charge on any atom is 0.347 e. The second kappa shape index (κ2) is 7.33. The van der Waals surface area contributed by atoms with E-state index in [1.165, 1.54) is 5.56 Å². The van der Waals surface area contributed by atoms with Gasteiger partial charge in [-0.15, -0.1) is 0 Å². The van der Waals surface area contributed by atoms with E-state index in [4.69, 9.17) is 0 Å². The van der Waals surface area contributed by atoms with Crippen molar-refractivity contribution in [3.63, 3.8) is 0 Å². The van der Waals surface area contributed by atoms with Crippen molar-refractivity contribution in [1.29, 1.82) is 0 Å². The number of nitrogens with one attached hydrogen (secondary N) is 2. The van der Waals surface area contributed by atoms with Gasteiger partial charge in [-0.25, -0.2) is 14.3 Å². The Hall–Kier alpha value is -3.25. The summed E-state index contributed by atoms with van der Waals surface area (Å²) in [6.45, 7) is 1.47. The van der Waals surface area contributed by atoms with E-state index < -0.39 is 0 Å². The quantitative estimate of drug-likeness (QED) is 0.526. The summed E-state index contributed by atoms with van der Waals surface area (Å²) in [6, 6.07) is 16.2. The molecule has 0 unspecified atom stereocenters. The minimum Gasteiger partial charge on any atom is -0.312 e. The highest BCUT2D eigenvalue weighted by Crippen LogP contribution is 2.21. The van der Waals surface area contributed by atoms with Crippen LogP contribution in [0.25, 0.3) is 16.8 Å². The van der Waals surface area contributed by atoms with Gasteiger partial charge in [-0.3, -0.25) is 4.98 Å². The Morgan fingerprint density at radius 3 is 2.65 bits per heavy atom. The van der Waals surface area contributed by atoms with Crippen molar-refractivity contribution in [3.05, 3.63) is 88.7 Å². The standard InChI is InChI=1S/C20H19N5O/c26-20-24-23-19-17(13-22-11-8-15-6-9-21-10-7-15)12-18(14-25(19)20)16-4-2-1-3-5-16/h1-7,9-10,12,14,22H,8,11,13H2,(H,24,26). The number of hydrogen-bond acceptors (Lipinski definition) is 4. The summed E-state index contributed by atoms with van der Waals surface area (Å²) in [7, 11) is 0. The third-order valence-corrected chi connectivity index (χ3v) is 4.35. The molecule has 2 N–H and O–H groups in total. The Morgan fingerprint density at radius 1 is 1.04 bits per heavy atom. The average molecular weight is 345 g/mol. The zero-order valence-corrected chi connectivity index (χ0v) is 14.2. The molecule has 6 heteroatoms. The van der Waals surface area contributed by atoms with E-state index in [0.717, 1.165) is 29.7 Å². The fraction of sp³-hybridized carbons (Fsp3) is 0.150. The Labute approximate surface area is 150 Å². The van der Waals surface area contributed by atoms with Crippen LogP contribution in [0, 0.1) is 0 Å². The van der Waals surface area contributed by atoms with Crippen LogP contribution < -0.4 is 11.0 Å². The van der Waals surface area contributed by atoms with Crippen molar-refractivity contribution in [3.8, 4) is 11.1 Å². The van der Waals surface area contributed by atoms with E-state index in [2.05, 4.69) is 26.6 Å². The van der Waals surface area contributed by atoms with Crippen LogP contribution in [-0.2, 0) is 13.0 Å². The van der Waals surface area contributed by atoms with Crippen LogP contribution in [0.2, 0.25) is 0 Å². The van der Waals surface area contributed by atoms with Gasteiger partial charge in [-0.2, -0.15) is 5.10 Å². The van der Waals surface area contributed by atoms with Crippen molar-refractivity contribution >= 4 is 5.65 Å². The van der Waals surface area contributed by atoms with Gasteiger partial charge >= 0.3 is 5.69 Å². The summed E-state index contributed by atoms with van der Waals surface area (Å²) in [5, 5.41) is 10.1. The Kier molecular flexibility index (Phi) is 4.57. The summed E-state index contributed by atoms with van der Waals surface area (Å²) in [5.74, 6) is 0. The first-order valence-electron chi connectivity index (χ1n) is 8.56. The van der Waals surface area contributed by atoms with Gasteiger partial charge in [0.15, 0.2) is 5.65 Å². The highest BCUT2D eigenvalue weighted by atomic mass is 16.1. The smallest absolute Gasteiger partial charge is 0.312 e. The van der Waals surface area contributed by atoms with Gasteiger partial charge in [0.2, 0.25) is 0 Å². The molecule has 0 aliphatic heterocycles. The monoisotopic (exact) mass is 345 g/mol. The Balaban J connectivity index is 1.56. The first-order chi connectivity index (χ1) is 12.8. The number of aromatic nitrogens is 4. The highest BCUT2D eigenvalue weighted by molar-refractivity contribution is 5.66. The van der Waals surface area contributed by atoms with Gasteiger partial charge in [0.1, 0.15) is 0 Å². The summed E-state index contributed by atoms with van der Waals surface area (Å²) >= 11 is 0. The molecule has 0 atom stereocenters. The van der Waals surface area contributed by atoms with Crippen LogP contribution in [0.4, 0.5) is 0 Å². The summed E-state index contributed by atoms with van der Waals surface area (Å²) in [6.07, 6.45) is 6.36. The van der Waals surface area contributed by atoms with Crippen molar-refractivity contribution in [2.24, 2.45) is 0 Å². The number of pyridine rings is 2. The molecule has 4 aromatic rings. The number of nitrogens with zero attached hydrogens (tertiary/aromatic N) is 3. The van der Waals surface area contributed by atoms with Gasteiger partial charge < -0.3 is 5.32 Å². The lowest BCUT2D eigenvalue weighted by Crippen LogP contribution is -2.18. The fourth-order valence-electron chi connectivity index (χ4n) is 3.00. The molecule has 0 amide bonds. The van der Waals surface area contributed by atoms with Crippen molar-refractivity contribution in [2.45, 2.75) is 13.0 Å². The van der Waals surface area contributed by atoms with E-state index in [0.29, 0.717) is 12.2 Å². The largest absolute Gasteiger partial charge is 0.347 e. The molecule has 0 saturated carbocycles. The molecule has 26 heavy (non-hydrogen) atoms. The van der Waals surface area contributed by atoms with Crippen LogP contribution in [-0.4, -0.2) is 26.1 Å². The van der Waals surface area contributed by atoms with Gasteiger partial charge in [0.05, 0.1) is 0 Å². The van der Waals surface area contributed by atoms with Gasteiger partial charge in [-0.1, -0.05) is 30.3 Å². The molecule has 0 bridgehead atoms. The molecule has 0 fully saturated rings. The SMILES string of the molecule is O=c1[nH]nc2c(CNCCc3ccncc3)cc(-c3ccccc3)cn12. The van der Waals surface area contributed by atoms with Gasteiger partial charge in [-0.05, 0) is 47.9 Å². The van der Waals surface area contributed by atoms with Crippen LogP contribution >= 0.6 is 0 Å². The minimum absolute atomic E-state index is 0.226. The zero-order chi connectivity index (χ0) is 17.8. The topological polar surface area (TPSA) is 75.1 Å². The molecule has 3 aromatic heterocycles. The predicted molar refractivity (Wildman–Crippen MR) is 101 cm³/mol. The van der Waals surface area contributed by atoms with Crippen molar-refractivity contribution in [2.75, 3.05) is 6.54 Å². The summed E-state index contributed by atoms with van der Waals surface area (Å²) < 4.78 is 1.57. The van der Waals surface area contributed by atoms with Crippen LogP contribution in [0.15, 0.2) is 71.9 Å². The minimum atomic E-state index is -0.226. The van der Waals surface area contributed by atoms with Crippen molar-refractivity contribution in [1.82, 2.24) is 24.9 Å². The molecule has 6 nitrogen and oxygen atoms in total. The normalized spacial score (nSPS) is 11.1. The second-order valence-electron chi connectivity index (χ2n) is 6.12. The molecule has 0 saturated heterocycles. The number of benzene rings is 1. The first-order valence-corrected chi connectivity index (χ1v) is 8.56. The van der Waals surface area contributed by atoms with Crippen LogP contribution in [0.1, 0.15) is 11.1 Å². The van der Waals surface area contributed by atoms with E-state index in [9.17, 15) is 4.79 Å². The van der Waals surface area contributed by atoms with Crippen LogP contribution in [0.5, 0.6) is 0 Å². The molecule has 0 spiro atoms. The number of fused-ring (bicyclic) bond motifs is 1. The molecule has 3 heterocycles. The van der Waals surface area contributed by atoms with E-state index in [1.54, 1.807) is 16.8 Å². The van der Waals surface area contributed by atoms with Crippen molar-refractivity contribution < 1.29 is 0 Å². The molecule has 1 aromatic carbocycles. The van der Waals surface area contributed by atoms with Gasteiger partial charge in [0.25, 0.3) is 0 Å². The molecule has 0 aliphatic carbocycles. The lowest BCUT2D eigenvalue weighted by molar-refractivity contribution is 0.687. The molecular weight excluding hydrogens is 326 g/mol. The zero-order valence-electron chi connectivity index (χ0n) is 14.2. The number of rotatable bonds is 6. The first kappa shape index (κ1) is 16.2. The van der Waals surface area contributed by atoms with Gasteiger partial charge in [0, 0.05) is 30.7 Å². The Morgan fingerprint density at radius 2 is 1.85 bits per heavy atom. The molecular formula is C20H19N5O. The number of hydrogen-bond donors (Lipinski definition) is 2. The molecule has 0 radical (unpaired) electrons. The number of H-pyrrole nitrogens is 1. The van der Waals surface area contributed by atoms with E-state index >= 15 is 0 Å². The van der Waals surface area contributed by atoms with E-state index in [1.807, 2.05) is 48.7 Å². The lowest BCUT2D eigenvalue weighted by Gasteiger charge is -2.09. The fourth-order valence-corrected chi connectivity index (χ4v) is 3.00. The molecule has 130 valence electrons.